The molecule has 1 N–H and O–H groups in total. The van der Waals surface area contributed by atoms with Gasteiger partial charge in [0.05, 0.1) is 30.5 Å². The SMILES string of the molecule is Cc1ccc(N2CCN(C(=O)c3ccc(N4[C@H](CO)CCS4(=O)=O)cc3[N+]3([O-])CCC[S+]3[O-])CC2)c(C)c1. The third kappa shape index (κ3) is 4.78. The van der Waals surface area contributed by atoms with Crippen molar-refractivity contribution in [1.82, 2.24) is 8.95 Å². The average molecular weight is 563 g/mol. The van der Waals surface area contributed by atoms with Gasteiger partial charge in [0.1, 0.15) is 12.1 Å². The van der Waals surface area contributed by atoms with E-state index in [0.717, 1.165) is 9.99 Å². The van der Waals surface area contributed by atoms with Crippen LogP contribution >= 0.6 is 0 Å². The Hall–Kier alpha value is -2.35. The van der Waals surface area contributed by atoms with Gasteiger partial charge in [0.25, 0.3) is 5.91 Å². The van der Waals surface area contributed by atoms with Crippen LogP contribution in [-0.4, -0.2) is 85.8 Å². The van der Waals surface area contributed by atoms with Crippen LogP contribution in [-0.2, 0) is 21.4 Å². The van der Waals surface area contributed by atoms with E-state index in [1.165, 1.54) is 29.3 Å². The molecule has 3 saturated heterocycles. The minimum Gasteiger partial charge on any atom is -0.581 e. The number of quaternary nitrogens is 1. The van der Waals surface area contributed by atoms with Gasteiger partial charge in [0.15, 0.2) is 22.8 Å². The standard InChI is InChI=1S/C26H34N4O6S2/c1-19-4-7-24(20(2)16-19)27-9-11-28(12-10-27)26(32)23-6-5-21(29-22(18-31)8-15-38(29,35)36)17-25(23)30(33)13-3-14-37(30)34/h4-7,16-17,22,31H,3,8-15,18H2,1-2H3/t22-,30?,37?/m0/s1. The van der Waals surface area contributed by atoms with E-state index in [0.29, 0.717) is 32.6 Å². The molecule has 0 bridgehead atoms. The number of aryl methyl sites for hydroxylation is 2. The fourth-order valence-electron chi connectivity index (χ4n) is 5.74. The van der Waals surface area contributed by atoms with Crippen molar-refractivity contribution in [1.29, 1.82) is 0 Å². The molecule has 3 atom stereocenters. The van der Waals surface area contributed by atoms with E-state index in [1.54, 1.807) is 4.90 Å². The molecule has 38 heavy (non-hydrogen) atoms. The van der Waals surface area contributed by atoms with Crippen LogP contribution < -0.4 is 13.3 Å². The van der Waals surface area contributed by atoms with E-state index in [4.69, 9.17) is 0 Å². The number of anilines is 2. The minimum atomic E-state index is -3.68. The van der Waals surface area contributed by atoms with Crippen LogP contribution in [0.3, 0.4) is 0 Å². The fourth-order valence-corrected chi connectivity index (χ4v) is 8.94. The molecule has 2 unspecified atom stereocenters. The molecular formula is C26H34N4O6S2. The molecule has 3 heterocycles. The summed E-state index contributed by atoms with van der Waals surface area (Å²) in [5.41, 5.74) is 3.89. The molecule has 12 heteroatoms. The summed E-state index contributed by atoms with van der Waals surface area (Å²) in [6.07, 6.45) is 0.715. The number of rotatable bonds is 5. The molecule has 0 radical (unpaired) electrons. The maximum atomic E-state index is 13.9. The second-order valence-electron chi connectivity index (χ2n) is 10.3. The third-order valence-corrected chi connectivity index (χ3v) is 11.3. The van der Waals surface area contributed by atoms with Gasteiger partial charge in [-0.2, -0.15) is 0 Å². The highest BCUT2D eigenvalue weighted by atomic mass is 32.2. The van der Waals surface area contributed by atoms with Crippen molar-refractivity contribution < 1.29 is 22.9 Å². The molecule has 3 aliphatic rings. The van der Waals surface area contributed by atoms with Crippen molar-refractivity contribution in [2.24, 2.45) is 0 Å². The zero-order valence-electron chi connectivity index (χ0n) is 21.7. The van der Waals surface area contributed by atoms with Gasteiger partial charge in [-0.15, -0.1) is 4.05 Å². The number of carbonyl (C=O) groups is 1. The average Bonchev–Trinajstić information content (AvgIpc) is 3.40. The van der Waals surface area contributed by atoms with Crippen molar-refractivity contribution >= 4 is 44.4 Å². The highest BCUT2D eigenvalue weighted by Gasteiger charge is 2.45. The highest BCUT2D eigenvalue weighted by Crippen LogP contribution is 2.40. The van der Waals surface area contributed by atoms with Gasteiger partial charge < -0.3 is 24.7 Å². The van der Waals surface area contributed by atoms with E-state index >= 15 is 0 Å². The van der Waals surface area contributed by atoms with E-state index in [2.05, 4.69) is 36.9 Å². The number of carbonyl (C=O) groups excluding carboxylic acids is 1. The summed E-state index contributed by atoms with van der Waals surface area (Å²) in [5, 5.41) is 23.6. The summed E-state index contributed by atoms with van der Waals surface area (Å²) in [7, 11) is -3.68. The number of amides is 1. The van der Waals surface area contributed by atoms with Crippen molar-refractivity contribution in [3.8, 4) is 0 Å². The van der Waals surface area contributed by atoms with Gasteiger partial charge in [-0.3, -0.25) is 9.10 Å². The van der Waals surface area contributed by atoms with Gasteiger partial charge in [0.2, 0.25) is 10.0 Å². The third-order valence-electron chi connectivity index (χ3n) is 7.74. The molecule has 206 valence electrons. The quantitative estimate of drug-likeness (QED) is 0.336. The fraction of sp³-hybridized carbons (Fsp3) is 0.500. The first-order chi connectivity index (χ1) is 18.0. The summed E-state index contributed by atoms with van der Waals surface area (Å²) in [4.78, 5) is 17.7. The second kappa shape index (κ2) is 10.3. The van der Waals surface area contributed by atoms with Crippen molar-refractivity contribution in [3.63, 3.8) is 0 Å². The Morgan fingerprint density at radius 1 is 1.13 bits per heavy atom. The topological polar surface area (TPSA) is 127 Å². The molecule has 0 spiro atoms. The summed E-state index contributed by atoms with van der Waals surface area (Å²) in [6.45, 7) is 6.01. The van der Waals surface area contributed by atoms with Crippen LogP contribution in [0.1, 0.15) is 34.3 Å². The number of hydrogen-bond acceptors (Lipinski definition) is 7. The van der Waals surface area contributed by atoms with E-state index in [1.807, 2.05) is 0 Å². The largest absolute Gasteiger partial charge is 0.581 e. The molecule has 10 nitrogen and oxygen atoms in total. The monoisotopic (exact) mass is 562 g/mol. The number of hydroxylamine groups is 1. The molecule has 2 aromatic carbocycles. The molecule has 3 aliphatic heterocycles. The summed E-state index contributed by atoms with van der Waals surface area (Å²) < 4.78 is 38.3. The lowest BCUT2D eigenvalue weighted by Crippen LogP contribution is -2.50. The predicted octanol–water partition coefficient (Wildman–Crippen LogP) is 2.04. The van der Waals surface area contributed by atoms with Crippen LogP contribution in [0.4, 0.5) is 17.1 Å². The van der Waals surface area contributed by atoms with Crippen LogP contribution in [0.5, 0.6) is 0 Å². The van der Waals surface area contributed by atoms with Crippen molar-refractivity contribution in [2.75, 3.05) is 60.0 Å². The lowest BCUT2D eigenvalue weighted by Gasteiger charge is -2.39. The van der Waals surface area contributed by atoms with Crippen molar-refractivity contribution in [2.45, 2.75) is 32.7 Å². The number of nitrogens with zero attached hydrogens (tertiary/aromatic N) is 4. The Kier molecular flexibility index (Phi) is 7.40. The van der Waals surface area contributed by atoms with Crippen LogP contribution in [0, 0.1) is 19.1 Å². The number of aliphatic hydroxyl groups is 1. The number of aliphatic hydroxyl groups excluding tert-OH is 1. The first-order valence-corrected chi connectivity index (χ1v) is 15.8. The minimum absolute atomic E-state index is 0.0268. The van der Waals surface area contributed by atoms with Crippen LogP contribution in [0.15, 0.2) is 36.4 Å². The number of hydrogen-bond donors (Lipinski definition) is 1. The van der Waals surface area contributed by atoms with Crippen LogP contribution in [0.25, 0.3) is 0 Å². The molecule has 0 aromatic heterocycles. The maximum Gasteiger partial charge on any atom is 0.260 e. The predicted molar refractivity (Wildman–Crippen MR) is 150 cm³/mol. The van der Waals surface area contributed by atoms with Gasteiger partial charge >= 0.3 is 0 Å². The Labute approximate surface area is 227 Å². The summed E-state index contributed by atoms with van der Waals surface area (Å²) in [6, 6.07) is 10.1. The van der Waals surface area contributed by atoms with Gasteiger partial charge in [0, 0.05) is 37.9 Å². The highest BCUT2D eigenvalue weighted by molar-refractivity contribution is 7.93. The number of piperazine rings is 1. The van der Waals surface area contributed by atoms with Gasteiger partial charge in [-0.1, -0.05) is 17.7 Å². The smallest absolute Gasteiger partial charge is 0.260 e. The zero-order valence-corrected chi connectivity index (χ0v) is 23.3. The molecule has 0 aliphatic carbocycles. The number of sulfonamides is 1. The normalized spacial score (nSPS) is 27.2. The van der Waals surface area contributed by atoms with Crippen LogP contribution in [0.2, 0.25) is 0 Å². The first kappa shape index (κ1) is 27.2. The Bertz CT molecular complexity index is 1330. The molecule has 2 aromatic rings. The number of benzene rings is 2. The molecule has 5 rings (SSSR count). The molecular weight excluding hydrogens is 528 g/mol. The van der Waals surface area contributed by atoms with Gasteiger partial charge in [-0.25, -0.2) is 8.42 Å². The molecule has 3 fully saturated rings. The lowest BCUT2D eigenvalue weighted by atomic mass is 10.1. The molecule has 0 saturated carbocycles. The van der Waals surface area contributed by atoms with E-state index < -0.39 is 31.5 Å². The Morgan fingerprint density at radius 2 is 1.87 bits per heavy atom. The second-order valence-corrected chi connectivity index (χ2v) is 13.9. The van der Waals surface area contributed by atoms with E-state index in [-0.39, 0.29) is 53.9 Å². The summed E-state index contributed by atoms with van der Waals surface area (Å²) in [5.74, 6) is -0.216. The lowest BCUT2D eigenvalue weighted by molar-refractivity contribution is 0.0746. The summed E-state index contributed by atoms with van der Waals surface area (Å²) >= 11 is -1.80. The van der Waals surface area contributed by atoms with E-state index in [9.17, 15) is 28.1 Å². The van der Waals surface area contributed by atoms with Crippen molar-refractivity contribution in [3.05, 3.63) is 58.3 Å². The van der Waals surface area contributed by atoms with Gasteiger partial charge in [-0.05, 0) is 44.0 Å². The zero-order chi connectivity index (χ0) is 27.2. The maximum absolute atomic E-state index is 13.9. The first-order valence-electron chi connectivity index (χ1n) is 12.9. The molecule has 1 amide bonds. The Morgan fingerprint density at radius 3 is 2.50 bits per heavy atom. The Balaban J connectivity index is 1.45.